The van der Waals surface area contributed by atoms with Crippen molar-refractivity contribution >= 4 is 10.2 Å². The van der Waals surface area contributed by atoms with Crippen LogP contribution in [0.15, 0.2) is 30.3 Å². The second-order valence-electron chi connectivity index (χ2n) is 5.37. The Morgan fingerprint density at radius 2 is 1.80 bits per heavy atom. The van der Waals surface area contributed by atoms with E-state index in [4.69, 9.17) is 4.74 Å². The number of hydrogen-bond acceptors (Lipinski definition) is 3. The topological polar surface area (TPSA) is 58.6 Å². The average Bonchev–Trinajstić information content (AvgIpc) is 2.47. The SMILES string of the molecule is CN(C)S(=O)(=O)NCC1(c2ccccc2)CCOCC1. The first-order valence-electron chi connectivity index (χ1n) is 6.77. The van der Waals surface area contributed by atoms with Gasteiger partial charge in [-0.2, -0.15) is 12.7 Å². The van der Waals surface area contributed by atoms with Crippen molar-refractivity contribution in [3.05, 3.63) is 35.9 Å². The van der Waals surface area contributed by atoms with Gasteiger partial charge in [-0.1, -0.05) is 30.3 Å². The quantitative estimate of drug-likeness (QED) is 0.886. The fourth-order valence-electron chi connectivity index (χ4n) is 2.48. The van der Waals surface area contributed by atoms with Crippen LogP contribution in [-0.2, 0) is 20.4 Å². The Kier molecular flexibility index (Phi) is 4.80. The zero-order chi connectivity index (χ0) is 14.6. The Labute approximate surface area is 121 Å². The molecule has 1 N–H and O–H groups in total. The van der Waals surface area contributed by atoms with Crippen LogP contribution in [-0.4, -0.2) is 46.6 Å². The zero-order valence-electron chi connectivity index (χ0n) is 12.0. The minimum absolute atomic E-state index is 0.178. The van der Waals surface area contributed by atoms with Gasteiger partial charge in [0.05, 0.1) is 0 Å². The van der Waals surface area contributed by atoms with E-state index in [1.54, 1.807) is 0 Å². The summed E-state index contributed by atoms with van der Waals surface area (Å²) in [5.41, 5.74) is 0.993. The summed E-state index contributed by atoms with van der Waals surface area (Å²) in [5, 5.41) is 0. The first-order chi connectivity index (χ1) is 9.46. The van der Waals surface area contributed by atoms with Crippen molar-refractivity contribution in [2.75, 3.05) is 33.9 Å². The van der Waals surface area contributed by atoms with Gasteiger partial charge < -0.3 is 4.74 Å². The maximum Gasteiger partial charge on any atom is 0.278 e. The molecule has 1 aromatic carbocycles. The normalized spacial score (nSPS) is 19.1. The van der Waals surface area contributed by atoms with Gasteiger partial charge in [0.25, 0.3) is 10.2 Å². The van der Waals surface area contributed by atoms with Crippen LogP contribution in [0.2, 0.25) is 0 Å². The number of ether oxygens (including phenoxy) is 1. The fourth-order valence-corrected chi connectivity index (χ4v) is 3.20. The summed E-state index contributed by atoms with van der Waals surface area (Å²) in [6, 6.07) is 10.1. The van der Waals surface area contributed by atoms with Crippen LogP contribution >= 0.6 is 0 Å². The van der Waals surface area contributed by atoms with Crippen molar-refractivity contribution in [3.8, 4) is 0 Å². The van der Waals surface area contributed by atoms with Crippen LogP contribution in [0, 0.1) is 0 Å². The zero-order valence-corrected chi connectivity index (χ0v) is 12.8. The summed E-state index contributed by atoms with van der Waals surface area (Å²) in [4.78, 5) is 0. The summed E-state index contributed by atoms with van der Waals surface area (Å²) in [5.74, 6) is 0. The Bertz CT molecular complexity index is 523. The molecule has 1 fully saturated rings. The Morgan fingerprint density at radius 1 is 1.20 bits per heavy atom. The molecule has 0 aliphatic carbocycles. The summed E-state index contributed by atoms with van der Waals surface area (Å²) >= 11 is 0. The molecule has 20 heavy (non-hydrogen) atoms. The molecule has 2 rings (SSSR count). The van der Waals surface area contributed by atoms with E-state index in [0.29, 0.717) is 19.8 Å². The van der Waals surface area contributed by atoms with Crippen molar-refractivity contribution in [1.82, 2.24) is 9.03 Å². The second-order valence-corrected chi connectivity index (χ2v) is 7.34. The molecule has 112 valence electrons. The average molecular weight is 298 g/mol. The summed E-state index contributed by atoms with van der Waals surface area (Å²) in [6.07, 6.45) is 1.65. The molecule has 0 amide bonds. The third-order valence-electron chi connectivity index (χ3n) is 3.91. The van der Waals surface area contributed by atoms with Gasteiger partial charge in [0, 0.05) is 39.3 Å². The van der Waals surface area contributed by atoms with E-state index in [2.05, 4.69) is 16.9 Å². The first kappa shape index (κ1) is 15.4. The van der Waals surface area contributed by atoms with E-state index < -0.39 is 10.2 Å². The lowest BCUT2D eigenvalue weighted by atomic mass is 9.74. The molecule has 0 unspecified atom stereocenters. The summed E-state index contributed by atoms with van der Waals surface area (Å²) in [7, 11) is -0.343. The van der Waals surface area contributed by atoms with Crippen molar-refractivity contribution in [2.45, 2.75) is 18.3 Å². The number of nitrogens with one attached hydrogen (secondary N) is 1. The summed E-state index contributed by atoms with van der Waals surface area (Å²) in [6.45, 7) is 1.73. The van der Waals surface area contributed by atoms with Crippen molar-refractivity contribution in [1.29, 1.82) is 0 Å². The molecule has 0 spiro atoms. The van der Waals surface area contributed by atoms with Crippen LogP contribution in [0.1, 0.15) is 18.4 Å². The van der Waals surface area contributed by atoms with Crippen molar-refractivity contribution < 1.29 is 13.2 Å². The molecule has 0 atom stereocenters. The molecule has 1 aliphatic rings. The third-order valence-corrected chi connectivity index (χ3v) is 5.38. The molecule has 0 saturated carbocycles. The highest BCUT2D eigenvalue weighted by atomic mass is 32.2. The Morgan fingerprint density at radius 3 is 2.35 bits per heavy atom. The standard InChI is InChI=1S/C14H22N2O3S/c1-16(2)20(17,18)15-12-14(8-10-19-11-9-14)13-6-4-3-5-7-13/h3-7,15H,8-12H2,1-2H3. The van der Waals surface area contributed by atoms with Gasteiger partial charge >= 0.3 is 0 Å². The first-order valence-corrected chi connectivity index (χ1v) is 8.21. The van der Waals surface area contributed by atoms with E-state index in [1.165, 1.54) is 24.0 Å². The molecule has 0 radical (unpaired) electrons. The van der Waals surface area contributed by atoms with Gasteiger partial charge in [-0.05, 0) is 18.4 Å². The molecular formula is C14H22N2O3S. The highest BCUT2D eigenvalue weighted by Gasteiger charge is 2.35. The smallest absolute Gasteiger partial charge is 0.278 e. The van der Waals surface area contributed by atoms with Gasteiger partial charge in [-0.25, -0.2) is 4.72 Å². The van der Waals surface area contributed by atoms with E-state index in [-0.39, 0.29) is 5.41 Å². The predicted molar refractivity (Wildman–Crippen MR) is 78.8 cm³/mol. The fraction of sp³-hybridized carbons (Fsp3) is 0.571. The Balaban J connectivity index is 2.21. The van der Waals surface area contributed by atoms with E-state index in [9.17, 15) is 8.42 Å². The monoisotopic (exact) mass is 298 g/mol. The van der Waals surface area contributed by atoms with Crippen LogP contribution in [0.4, 0.5) is 0 Å². The predicted octanol–water partition coefficient (Wildman–Crippen LogP) is 1.13. The number of nitrogens with zero attached hydrogens (tertiary/aromatic N) is 1. The van der Waals surface area contributed by atoms with Crippen LogP contribution < -0.4 is 4.72 Å². The number of hydrogen-bond donors (Lipinski definition) is 1. The molecule has 1 aliphatic heterocycles. The highest BCUT2D eigenvalue weighted by molar-refractivity contribution is 7.87. The minimum Gasteiger partial charge on any atom is -0.381 e. The molecular weight excluding hydrogens is 276 g/mol. The summed E-state index contributed by atoms with van der Waals surface area (Å²) < 4.78 is 33.2. The molecule has 1 heterocycles. The molecule has 6 heteroatoms. The lowest BCUT2D eigenvalue weighted by Crippen LogP contribution is -2.47. The third kappa shape index (κ3) is 3.38. The van der Waals surface area contributed by atoms with Crippen molar-refractivity contribution in [2.24, 2.45) is 0 Å². The Hall–Kier alpha value is -0.950. The molecule has 0 aromatic heterocycles. The van der Waals surface area contributed by atoms with Crippen molar-refractivity contribution in [3.63, 3.8) is 0 Å². The molecule has 1 aromatic rings. The maximum atomic E-state index is 11.9. The molecule has 0 bridgehead atoms. The number of benzene rings is 1. The van der Waals surface area contributed by atoms with Gasteiger partial charge in [-0.15, -0.1) is 0 Å². The van der Waals surface area contributed by atoms with Gasteiger partial charge in [0.2, 0.25) is 0 Å². The van der Waals surface area contributed by atoms with Gasteiger partial charge in [-0.3, -0.25) is 0 Å². The van der Waals surface area contributed by atoms with Gasteiger partial charge in [0.15, 0.2) is 0 Å². The van der Waals surface area contributed by atoms with Crippen LogP contribution in [0.25, 0.3) is 0 Å². The molecule has 5 nitrogen and oxygen atoms in total. The van der Waals surface area contributed by atoms with E-state index >= 15 is 0 Å². The molecule has 1 saturated heterocycles. The highest BCUT2D eigenvalue weighted by Crippen LogP contribution is 2.34. The lowest BCUT2D eigenvalue weighted by Gasteiger charge is -2.38. The largest absolute Gasteiger partial charge is 0.381 e. The van der Waals surface area contributed by atoms with Crippen LogP contribution in [0.3, 0.4) is 0 Å². The lowest BCUT2D eigenvalue weighted by molar-refractivity contribution is 0.0516. The maximum absolute atomic E-state index is 11.9. The van der Waals surface area contributed by atoms with Crippen LogP contribution in [0.5, 0.6) is 0 Å². The second kappa shape index (κ2) is 6.22. The number of rotatable bonds is 5. The van der Waals surface area contributed by atoms with E-state index in [0.717, 1.165) is 12.8 Å². The van der Waals surface area contributed by atoms with Gasteiger partial charge in [0.1, 0.15) is 0 Å². The van der Waals surface area contributed by atoms with E-state index in [1.807, 2.05) is 18.2 Å². The minimum atomic E-state index is -3.40.